The van der Waals surface area contributed by atoms with Gasteiger partial charge in [0.2, 0.25) is 0 Å². The third kappa shape index (κ3) is 29.1. The van der Waals surface area contributed by atoms with E-state index in [4.69, 9.17) is 9.47 Å². The molecule has 0 aliphatic rings. The molecule has 208 valence electrons. The molecule has 0 amide bonds. The van der Waals surface area contributed by atoms with Crippen LogP contribution in [0.15, 0.2) is 0 Å². The summed E-state index contributed by atoms with van der Waals surface area (Å²) < 4.78 is 10.7. The zero-order chi connectivity index (χ0) is 25.7. The van der Waals surface area contributed by atoms with Crippen LogP contribution in [0.25, 0.3) is 0 Å². The molecule has 0 radical (unpaired) electrons. The number of carbonyl (C=O) groups excluding carboxylic acids is 2. The quantitative estimate of drug-likeness (QED) is 0.0798. The Hall–Kier alpha value is -1.06. The second-order valence-electron chi connectivity index (χ2n) is 10.4. The van der Waals surface area contributed by atoms with Crippen molar-refractivity contribution in [3.63, 3.8) is 0 Å². The van der Waals surface area contributed by atoms with Gasteiger partial charge in [-0.25, -0.2) is 0 Å². The van der Waals surface area contributed by atoms with Crippen LogP contribution in [-0.4, -0.2) is 25.2 Å². The first-order valence-electron chi connectivity index (χ1n) is 15.5. The number of hydrogen-bond donors (Lipinski definition) is 0. The third-order valence-electron chi connectivity index (χ3n) is 6.78. The molecule has 0 rings (SSSR count). The number of rotatable bonds is 28. The van der Waals surface area contributed by atoms with Crippen LogP contribution in [-0.2, 0) is 19.1 Å². The molecule has 0 atom stereocenters. The molecule has 0 aromatic carbocycles. The smallest absolute Gasteiger partial charge is 0.305 e. The highest BCUT2D eigenvalue weighted by Gasteiger charge is 2.04. The van der Waals surface area contributed by atoms with E-state index in [0.29, 0.717) is 26.1 Å². The molecule has 0 unspecified atom stereocenters. The summed E-state index contributed by atoms with van der Waals surface area (Å²) in [6.45, 7) is 5.64. The summed E-state index contributed by atoms with van der Waals surface area (Å²) in [5.41, 5.74) is 0. The maximum Gasteiger partial charge on any atom is 0.305 e. The van der Waals surface area contributed by atoms with Gasteiger partial charge >= 0.3 is 11.9 Å². The fraction of sp³-hybridized carbons (Fsp3) is 0.935. The molecule has 0 aliphatic carbocycles. The van der Waals surface area contributed by atoms with Crippen LogP contribution in [0.1, 0.15) is 174 Å². The standard InChI is InChI=1S/C31H60O4/c1-3-5-7-9-10-11-12-13-14-17-21-25-29-35-31(33)27-23-19-16-15-18-22-26-30(32)34-28-24-20-8-6-4-2/h3-29H2,1-2H3. The fourth-order valence-electron chi connectivity index (χ4n) is 4.41. The van der Waals surface area contributed by atoms with Crippen molar-refractivity contribution in [2.75, 3.05) is 13.2 Å². The van der Waals surface area contributed by atoms with E-state index in [2.05, 4.69) is 13.8 Å². The lowest BCUT2D eigenvalue weighted by atomic mass is 10.1. The Morgan fingerprint density at radius 1 is 0.371 bits per heavy atom. The lowest BCUT2D eigenvalue weighted by Gasteiger charge is -2.06. The van der Waals surface area contributed by atoms with Gasteiger partial charge in [0.15, 0.2) is 0 Å². The van der Waals surface area contributed by atoms with Crippen LogP contribution in [0.2, 0.25) is 0 Å². The van der Waals surface area contributed by atoms with Crippen molar-refractivity contribution in [3.8, 4) is 0 Å². The summed E-state index contributed by atoms with van der Waals surface area (Å²) >= 11 is 0. The molecule has 0 spiro atoms. The summed E-state index contributed by atoms with van der Waals surface area (Å²) in [4.78, 5) is 23.5. The monoisotopic (exact) mass is 496 g/mol. The Morgan fingerprint density at radius 3 is 0.943 bits per heavy atom. The predicted octanol–water partition coefficient (Wildman–Crippen LogP) is 9.87. The van der Waals surface area contributed by atoms with Gasteiger partial charge in [-0.2, -0.15) is 0 Å². The van der Waals surface area contributed by atoms with Crippen molar-refractivity contribution in [1.82, 2.24) is 0 Å². The highest BCUT2D eigenvalue weighted by molar-refractivity contribution is 5.69. The minimum absolute atomic E-state index is 0.0366. The fourth-order valence-corrected chi connectivity index (χ4v) is 4.41. The molecule has 0 aromatic rings. The molecule has 0 saturated carbocycles. The predicted molar refractivity (Wildman–Crippen MR) is 149 cm³/mol. The van der Waals surface area contributed by atoms with Crippen LogP contribution >= 0.6 is 0 Å². The zero-order valence-electron chi connectivity index (χ0n) is 23.7. The number of hydrogen-bond acceptors (Lipinski definition) is 4. The van der Waals surface area contributed by atoms with Crippen LogP contribution in [0.3, 0.4) is 0 Å². The molecule has 0 fully saturated rings. The summed E-state index contributed by atoms with van der Waals surface area (Å²) in [5.74, 6) is -0.0816. The van der Waals surface area contributed by atoms with Gasteiger partial charge in [-0.3, -0.25) is 9.59 Å². The topological polar surface area (TPSA) is 52.6 Å². The second-order valence-corrected chi connectivity index (χ2v) is 10.4. The maximum atomic E-state index is 11.8. The molecule has 0 saturated heterocycles. The molecule has 0 aromatic heterocycles. The van der Waals surface area contributed by atoms with Crippen LogP contribution in [0.5, 0.6) is 0 Å². The van der Waals surface area contributed by atoms with Crippen LogP contribution in [0.4, 0.5) is 0 Å². The first-order valence-corrected chi connectivity index (χ1v) is 15.5. The second kappa shape index (κ2) is 29.2. The van der Waals surface area contributed by atoms with Crippen molar-refractivity contribution >= 4 is 11.9 Å². The SMILES string of the molecule is CCCCCCCCCCCCCCOC(=O)CCCCCCCCC(=O)OCCCCCCC. The molecule has 4 heteroatoms. The third-order valence-corrected chi connectivity index (χ3v) is 6.78. The number of ether oxygens (including phenoxy) is 2. The van der Waals surface area contributed by atoms with Crippen molar-refractivity contribution in [2.45, 2.75) is 174 Å². The molecule has 4 nitrogen and oxygen atoms in total. The van der Waals surface area contributed by atoms with E-state index < -0.39 is 0 Å². The zero-order valence-corrected chi connectivity index (χ0v) is 23.7. The Balaban J connectivity index is 3.24. The lowest BCUT2D eigenvalue weighted by Crippen LogP contribution is -2.06. The first kappa shape index (κ1) is 33.9. The van der Waals surface area contributed by atoms with E-state index in [-0.39, 0.29) is 11.9 Å². The van der Waals surface area contributed by atoms with Gasteiger partial charge in [-0.1, -0.05) is 136 Å². The van der Waals surface area contributed by atoms with E-state index in [0.717, 1.165) is 57.8 Å². The van der Waals surface area contributed by atoms with E-state index in [1.54, 1.807) is 0 Å². The van der Waals surface area contributed by atoms with Crippen molar-refractivity contribution < 1.29 is 19.1 Å². The Morgan fingerprint density at radius 2 is 0.629 bits per heavy atom. The molecule has 0 bridgehead atoms. The Kier molecular flexibility index (Phi) is 28.3. The van der Waals surface area contributed by atoms with Crippen molar-refractivity contribution in [2.24, 2.45) is 0 Å². The van der Waals surface area contributed by atoms with E-state index in [1.807, 2.05) is 0 Å². The van der Waals surface area contributed by atoms with Crippen molar-refractivity contribution in [3.05, 3.63) is 0 Å². The van der Waals surface area contributed by atoms with Gasteiger partial charge in [0, 0.05) is 12.8 Å². The molecular formula is C31H60O4. The van der Waals surface area contributed by atoms with Gasteiger partial charge < -0.3 is 9.47 Å². The molecule has 35 heavy (non-hydrogen) atoms. The van der Waals surface area contributed by atoms with Crippen LogP contribution < -0.4 is 0 Å². The van der Waals surface area contributed by atoms with E-state index >= 15 is 0 Å². The summed E-state index contributed by atoms with van der Waals surface area (Å²) in [7, 11) is 0. The minimum Gasteiger partial charge on any atom is -0.466 e. The van der Waals surface area contributed by atoms with Gasteiger partial charge in [-0.05, 0) is 25.7 Å². The Labute approximate surface area is 218 Å². The normalized spacial score (nSPS) is 11.0. The van der Waals surface area contributed by atoms with Gasteiger partial charge in [0.25, 0.3) is 0 Å². The number of unbranched alkanes of at least 4 members (excludes halogenated alkanes) is 20. The molecule has 0 heterocycles. The number of esters is 2. The maximum absolute atomic E-state index is 11.8. The lowest BCUT2D eigenvalue weighted by molar-refractivity contribution is -0.144. The average molecular weight is 497 g/mol. The van der Waals surface area contributed by atoms with Gasteiger partial charge in [0.05, 0.1) is 13.2 Å². The number of carbonyl (C=O) groups is 2. The Bertz CT molecular complexity index is 449. The largest absolute Gasteiger partial charge is 0.466 e. The summed E-state index contributed by atoms with van der Waals surface area (Å²) in [5, 5.41) is 0. The van der Waals surface area contributed by atoms with E-state index in [9.17, 15) is 9.59 Å². The molecular weight excluding hydrogens is 436 g/mol. The van der Waals surface area contributed by atoms with Gasteiger partial charge in [-0.15, -0.1) is 0 Å². The highest BCUT2D eigenvalue weighted by Crippen LogP contribution is 2.13. The minimum atomic E-state index is -0.0450. The first-order chi connectivity index (χ1) is 17.2. The molecule has 0 N–H and O–H groups in total. The summed E-state index contributed by atoms with van der Waals surface area (Å²) in [6.07, 6.45) is 29.1. The van der Waals surface area contributed by atoms with Crippen LogP contribution in [0, 0.1) is 0 Å². The summed E-state index contributed by atoms with van der Waals surface area (Å²) in [6, 6.07) is 0. The highest BCUT2D eigenvalue weighted by atomic mass is 16.5. The van der Waals surface area contributed by atoms with Gasteiger partial charge in [0.1, 0.15) is 0 Å². The van der Waals surface area contributed by atoms with E-state index in [1.165, 1.54) is 89.9 Å². The molecule has 0 aliphatic heterocycles. The average Bonchev–Trinajstić information content (AvgIpc) is 2.85. The van der Waals surface area contributed by atoms with Crippen molar-refractivity contribution in [1.29, 1.82) is 0 Å².